The summed E-state index contributed by atoms with van der Waals surface area (Å²) in [7, 11) is 0. The molecule has 0 radical (unpaired) electrons. The van der Waals surface area contributed by atoms with E-state index >= 15 is 0 Å². The number of anilines is 1. The van der Waals surface area contributed by atoms with Crippen molar-refractivity contribution in [3.8, 4) is 0 Å². The lowest BCUT2D eigenvalue weighted by Gasteiger charge is -2.09. The molecule has 0 aliphatic heterocycles. The topological polar surface area (TPSA) is 48.1 Å². The Morgan fingerprint density at radius 3 is 2.56 bits per heavy atom. The van der Waals surface area contributed by atoms with Gasteiger partial charge in [-0.3, -0.25) is 0 Å². The molecule has 2 N–H and O–H groups in total. The van der Waals surface area contributed by atoms with Gasteiger partial charge < -0.3 is 10.5 Å². The fourth-order valence-electron chi connectivity index (χ4n) is 1.40. The highest BCUT2D eigenvalue weighted by atomic mass is 16.5. The van der Waals surface area contributed by atoms with Crippen molar-refractivity contribution in [2.24, 2.45) is 0 Å². The smallest absolute Gasteiger partial charge is 0.123 e. The summed E-state index contributed by atoms with van der Waals surface area (Å²) in [5, 5.41) is 0. The first-order chi connectivity index (χ1) is 8.43. The molecular formula is C15H18N2O. The Kier molecular flexibility index (Phi) is 4.49. The summed E-state index contributed by atoms with van der Waals surface area (Å²) in [6.45, 7) is 15.0. The van der Waals surface area contributed by atoms with Crippen molar-refractivity contribution in [3.63, 3.8) is 0 Å². The number of rotatable bonds is 5. The fourth-order valence-corrected chi connectivity index (χ4v) is 1.40. The zero-order valence-electron chi connectivity index (χ0n) is 10.9. The summed E-state index contributed by atoms with van der Waals surface area (Å²) in [6, 6.07) is 1.79. The van der Waals surface area contributed by atoms with E-state index in [2.05, 4.69) is 24.7 Å². The highest BCUT2D eigenvalue weighted by molar-refractivity contribution is 5.68. The molecule has 1 heterocycles. The zero-order chi connectivity index (χ0) is 13.7. The molecule has 0 spiro atoms. The number of allylic oxidation sites excluding steroid dienone is 2. The van der Waals surface area contributed by atoms with Crippen LogP contribution in [0.25, 0.3) is 12.2 Å². The van der Waals surface area contributed by atoms with Crippen LogP contribution in [0.5, 0.6) is 0 Å². The molecule has 3 nitrogen and oxygen atoms in total. The minimum atomic E-state index is 0.464. The first kappa shape index (κ1) is 13.8. The lowest BCUT2D eigenvalue weighted by Crippen LogP contribution is -1.94. The van der Waals surface area contributed by atoms with Gasteiger partial charge in [-0.25, -0.2) is 4.98 Å². The van der Waals surface area contributed by atoms with Crippen molar-refractivity contribution in [2.75, 3.05) is 5.73 Å². The molecule has 3 heteroatoms. The van der Waals surface area contributed by atoms with Crippen molar-refractivity contribution < 1.29 is 4.74 Å². The third kappa shape index (κ3) is 3.63. The van der Waals surface area contributed by atoms with E-state index in [0.717, 1.165) is 16.7 Å². The molecule has 1 aromatic heterocycles. The molecule has 0 aliphatic rings. The number of ether oxygens (including phenoxy) is 1. The summed E-state index contributed by atoms with van der Waals surface area (Å²) in [5.74, 6) is 1.63. The Balaban J connectivity index is 3.07. The predicted octanol–water partition coefficient (Wildman–Crippen LogP) is 3.77. The molecule has 0 aromatic carbocycles. The SMILES string of the molecule is C=Cc1cnc(N)cc1/C=C(\C)C(=C)OC(=C)C. The van der Waals surface area contributed by atoms with Gasteiger partial charge in [-0.15, -0.1) is 0 Å². The minimum absolute atomic E-state index is 0.464. The van der Waals surface area contributed by atoms with Gasteiger partial charge >= 0.3 is 0 Å². The molecule has 0 saturated carbocycles. The van der Waals surface area contributed by atoms with Crippen LogP contribution in [0, 0.1) is 0 Å². The second-order valence-corrected chi connectivity index (χ2v) is 4.00. The van der Waals surface area contributed by atoms with Gasteiger partial charge in [0.2, 0.25) is 0 Å². The zero-order valence-corrected chi connectivity index (χ0v) is 10.9. The molecular weight excluding hydrogens is 224 g/mol. The lowest BCUT2D eigenvalue weighted by molar-refractivity contribution is 0.321. The molecule has 0 amide bonds. The number of hydrogen-bond donors (Lipinski definition) is 1. The average Bonchev–Trinajstić information content (AvgIpc) is 2.28. The van der Waals surface area contributed by atoms with Crippen LogP contribution in [-0.2, 0) is 4.74 Å². The molecule has 0 unspecified atom stereocenters. The standard InChI is InChI=1S/C15H18N2O/c1-6-13-9-17-15(16)8-14(13)7-11(4)12(5)18-10(2)3/h6-9H,1-2,5H2,3-4H3,(H2,16,17)/b11-7+. The number of hydrogen-bond acceptors (Lipinski definition) is 3. The van der Waals surface area contributed by atoms with E-state index in [9.17, 15) is 0 Å². The van der Waals surface area contributed by atoms with Gasteiger partial charge in [0.1, 0.15) is 11.6 Å². The molecule has 0 aliphatic carbocycles. The Bertz CT molecular complexity index is 527. The summed E-state index contributed by atoms with van der Waals surface area (Å²) in [6.07, 6.45) is 5.35. The van der Waals surface area contributed by atoms with Crippen LogP contribution in [0.1, 0.15) is 25.0 Å². The normalized spacial score (nSPS) is 10.9. The molecule has 0 bridgehead atoms. The summed E-state index contributed by atoms with van der Waals surface area (Å²) < 4.78 is 5.36. The Labute approximate surface area is 108 Å². The Hall–Kier alpha value is -2.29. The maximum absolute atomic E-state index is 5.67. The molecule has 18 heavy (non-hydrogen) atoms. The quantitative estimate of drug-likeness (QED) is 0.631. The van der Waals surface area contributed by atoms with E-state index in [-0.39, 0.29) is 0 Å². The monoisotopic (exact) mass is 242 g/mol. The van der Waals surface area contributed by atoms with E-state index in [1.165, 1.54) is 0 Å². The van der Waals surface area contributed by atoms with Crippen molar-refractivity contribution in [2.45, 2.75) is 13.8 Å². The summed E-state index contributed by atoms with van der Waals surface area (Å²) >= 11 is 0. The van der Waals surface area contributed by atoms with E-state index in [1.807, 2.05) is 13.0 Å². The number of nitrogens with zero attached hydrogens (tertiary/aromatic N) is 1. The van der Waals surface area contributed by atoms with Gasteiger partial charge in [0.05, 0.1) is 5.76 Å². The Morgan fingerprint density at radius 2 is 2.00 bits per heavy atom. The lowest BCUT2D eigenvalue weighted by atomic mass is 10.1. The molecule has 94 valence electrons. The second kappa shape index (κ2) is 5.87. The molecule has 0 saturated heterocycles. The maximum atomic E-state index is 5.67. The second-order valence-electron chi connectivity index (χ2n) is 4.00. The third-order valence-corrected chi connectivity index (χ3v) is 2.32. The summed E-state index contributed by atoms with van der Waals surface area (Å²) in [5.41, 5.74) is 8.41. The largest absolute Gasteiger partial charge is 0.463 e. The van der Waals surface area contributed by atoms with Crippen molar-refractivity contribution >= 4 is 18.0 Å². The van der Waals surface area contributed by atoms with Crippen LogP contribution in [0.2, 0.25) is 0 Å². The highest BCUT2D eigenvalue weighted by Crippen LogP contribution is 2.20. The summed E-state index contributed by atoms with van der Waals surface area (Å²) in [4.78, 5) is 4.02. The highest BCUT2D eigenvalue weighted by Gasteiger charge is 2.03. The van der Waals surface area contributed by atoms with Crippen LogP contribution in [0.15, 0.2) is 49.1 Å². The van der Waals surface area contributed by atoms with Gasteiger partial charge in [-0.2, -0.15) is 0 Å². The van der Waals surface area contributed by atoms with Crippen LogP contribution in [0.4, 0.5) is 5.82 Å². The van der Waals surface area contributed by atoms with Crippen LogP contribution < -0.4 is 5.73 Å². The first-order valence-electron chi connectivity index (χ1n) is 5.53. The van der Waals surface area contributed by atoms with Gasteiger partial charge in [0, 0.05) is 6.20 Å². The predicted molar refractivity (Wildman–Crippen MR) is 77.4 cm³/mol. The number of nitrogens with two attached hydrogens (primary N) is 1. The van der Waals surface area contributed by atoms with Gasteiger partial charge in [-0.05, 0) is 42.7 Å². The van der Waals surface area contributed by atoms with Crippen molar-refractivity contribution in [1.82, 2.24) is 4.98 Å². The number of aromatic nitrogens is 1. The van der Waals surface area contributed by atoms with Crippen LogP contribution in [-0.4, -0.2) is 4.98 Å². The van der Waals surface area contributed by atoms with E-state index in [4.69, 9.17) is 10.5 Å². The van der Waals surface area contributed by atoms with E-state index < -0.39 is 0 Å². The van der Waals surface area contributed by atoms with Crippen molar-refractivity contribution in [3.05, 3.63) is 60.2 Å². The van der Waals surface area contributed by atoms with Crippen LogP contribution in [0.3, 0.4) is 0 Å². The fraction of sp³-hybridized carbons (Fsp3) is 0.133. The van der Waals surface area contributed by atoms with Gasteiger partial charge in [0.25, 0.3) is 0 Å². The molecule has 0 fully saturated rings. The maximum Gasteiger partial charge on any atom is 0.123 e. The number of pyridine rings is 1. The van der Waals surface area contributed by atoms with E-state index in [1.54, 1.807) is 25.3 Å². The Morgan fingerprint density at radius 1 is 1.33 bits per heavy atom. The molecule has 1 aromatic rings. The number of nitrogen functional groups attached to an aromatic ring is 1. The minimum Gasteiger partial charge on any atom is -0.463 e. The molecule has 0 atom stereocenters. The van der Waals surface area contributed by atoms with Gasteiger partial charge in [-0.1, -0.05) is 25.8 Å². The third-order valence-electron chi connectivity index (χ3n) is 2.32. The molecule has 1 rings (SSSR count). The van der Waals surface area contributed by atoms with Crippen molar-refractivity contribution in [1.29, 1.82) is 0 Å². The average molecular weight is 242 g/mol. The van der Waals surface area contributed by atoms with Crippen LogP contribution >= 0.6 is 0 Å². The van der Waals surface area contributed by atoms with E-state index in [0.29, 0.717) is 17.3 Å². The van der Waals surface area contributed by atoms with Gasteiger partial charge in [0.15, 0.2) is 0 Å². The first-order valence-corrected chi connectivity index (χ1v) is 5.53.